The number of anilines is 2. The highest BCUT2D eigenvalue weighted by Gasteiger charge is 2.26. The number of benzene rings is 1. The second-order valence-corrected chi connectivity index (χ2v) is 8.85. The van der Waals surface area contributed by atoms with Crippen LogP contribution in [0, 0.1) is 5.92 Å². The van der Waals surface area contributed by atoms with Crippen LogP contribution in [0.2, 0.25) is 0 Å². The lowest BCUT2D eigenvalue weighted by Gasteiger charge is -2.32. The maximum absolute atomic E-state index is 13.0. The van der Waals surface area contributed by atoms with Crippen molar-refractivity contribution in [1.29, 1.82) is 0 Å². The summed E-state index contributed by atoms with van der Waals surface area (Å²) in [4.78, 5) is 20.0. The van der Waals surface area contributed by atoms with Gasteiger partial charge in [0.05, 0.1) is 5.69 Å². The Morgan fingerprint density at radius 3 is 2.85 bits per heavy atom. The number of nitrogens with one attached hydrogen (secondary N) is 1. The highest BCUT2D eigenvalue weighted by Crippen LogP contribution is 2.27. The molecule has 0 atom stereocenters. The van der Waals surface area contributed by atoms with E-state index in [4.69, 9.17) is 4.98 Å². The first-order valence-electron chi connectivity index (χ1n) is 11.6. The lowest BCUT2D eigenvalue weighted by atomic mass is 9.95. The van der Waals surface area contributed by atoms with Crippen LogP contribution in [0.15, 0.2) is 48.9 Å². The highest BCUT2D eigenvalue weighted by molar-refractivity contribution is 5.93. The molecule has 1 amide bonds. The third kappa shape index (κ3) is 3.94. The molecule has 3 aromatic heterocycles. The lowest BCUT2D eigenvalue weighted by Crippen LogP contribution is -2.38. The number of carbonyl (C=O) groups excluding carboxylic acids is 1. The minimum absolute atomic E-state index is 0.0107. The zero-order valence-corrected chi connectivity index (χ0v) is 18.4. The van der Waals surface area contributed by atoms with Gasteiger partial charge < -0.3 is 14.8 Å². The molecule has 0 unspecified atom stereocenters. The molecule has 9 heteroatoms. The van der Waals surface area contributed by atoms with Crippen LogP contribution in [0.1, 0.15) is 31.5 Å². The molecule has 33 heavy (non-hydrogen) atoms. The van der Waals surface area contributed by atoms with Crippen LogP contribution in [0.3, 0.4) is 0 Å². The molecule has 168 valence electrons. The molecule has 2 aliphatic heterocycles. The standard InChI is InChI=1S/C24H26N8O/c33-24(17-9-12-30(13-10-17)23-8-7-22-28-25-16-32(22)29-23)26-19-5-3-4-18(14-19)20-15-31-11-2-1-6-21(31)27-20/h3-5,7-8,14-17H,1-2,6,9-13H2,(H,26,33). The summed E-state index contributed by atoms with van der Waals surface area (Å²) in [6, 6.07) is 11.9. The summed E-state index contributed by atoms with van der Waals surface area (Å²) in [5.41, 5.74) is 3.57. The van der Waals surface area contributed by atoms with Crippen molar-refractivity contribution < 1.29 is 4.79 Å². The third-order valence-corrected chi connectivity index (χ3v) is 6.67. The van der Waals surface area contributed by atoms with E-state index in [9.17, 15) is 4.79 Å². The number of hydrogen-bond donors (Lipinski definition) is 1. The maximum atomic E-state index is 13.0. The fraction of sp³-hybridized carbons (Fsp3) is 0.375. The van der Waals surface area contributed by atoms with E-state index in [0.717, 1.165) is 73.1 Å². The Kier molecular flexibility index (Phi) is 5.01. The maximum Gasteiger partial charge on any atom is 0.227 e. The Balaban J connectivity index is 1.10. The van der Waals surface area contributed by atoms with Crippen molar-refractivity contribution in [2.24, 2.45) is 5.92 Å². The van der Waals surface area contributed by atoms with Gasteiger partial charge in [-0.3, -0.25) is 4.79 Å². The van der Waals surface area contributed by atoms with E-state index in [-0.39, 0.29) is 11.8 Å². The largest absolute Gasteiger partial charge is 0.355 e. The Bertz CT molecular complexity index is 1280. The zero-order valence-electron chi connectivity index (χ0n) is 18.4. The minimum atomic E-state index is -0.0107. The van der Waals surface area contributed by atoms with Crippen LogP contribution >= 0.6 is 0 Å². The van der Waals surface area contributed by atoms with Gasteiger partial charge in [0.15, 0.2) is 5.65 Å². The molecule has 1 saturated heterocycles. The van der Waals surface area contributed by atoms with Gasteiger partial charge in [0.2, 0.25) is 5.91 Å². The van der Waals surface area contributed by atoms with Crippen molar-refractivity contribution in [3.63, 3.8) is 0 Å². The van der Waals surface area contributed by atoms with Crippen LogP contribution in [0.25, 0.3) is 16.9 Å². The van der Waals surface area contributed by atoms with E-state index >= 15 is 0 Å². The van der Waals surface area contributed by atoms with Crippen LogP contribution in [-0.4, -0.2) is 48.4 Å². The molecule has 1 N–H and O–H groups in total. The van der Waals surface area contributed by atoms with Crippen LogP contribution in [0.5, 0.6) is 0 Å². The summed E-state index contributed by atoms with van der Waals surface area (Å²) < 4.78 is 3.94. The average Bonchev–Trinajstić information content (AvgIpc) is 3.51. The summed E-state index contributed by atoms with van der Waals surface area (Å²) in [5, 5.41) is 15.6. The number of fused-ring (bicyclic) bond motifs is 2. The topological polar surface area (TPSA) is 93.2 Å². The fourth-order valence-electron chi connectivity index (χ4n) is 4.81. The van der Waals surface area contributed by atoms with Crippen LogP contribution in [0.4, 0.5) is 11.5 Å². The van der Waals surface area contributed by atoms with Crippen molar-refractivity contribution in [2.45, 2.75) is 38.6 Å². The molecule has 5 heterocycles. The normalized spacial score (nSPS) is 16.7. The smallest absolute Gasteiger partial charge is 0.227 e. The van der Waals surface area contributed by atoms with Crippen LogP contribution in [-0.2, 0) is 17.8 Å². The van der Waals surface area contributed by atoms with Gasteiger partial charge in [0, 0.05) is 49.4 Å². The fourth-order valence-corrected chi connectivity index (χ4v) is 4.81. The van der Waals surface area contributed by atoms with Crippen LogP contribution < -0.4 is 10.2 Å². The van der Waals surface area contributed by atoms with Crippen molar-refractivity contribution >= 4 is 23.1 Å². The molecule has 1 fully saturated rings. The molecule has 4 aromatic rings. The third-order valence-electron chi connectivity index (χ3n) is 6.67. The molecule has 6 rings (SSSR count). The number of nitrogens with zero attached hydrogens (tertiary/aromatic N) is 7. The number of amides is 1. The SMILES string of the molecule is O=C(Nc1cccc(-c2cn3c(n2)CCCC3)c1)C1CCN(c2ccc3nncn3n2)CC1. The van der Waals surface area contributed by atoms with Gasteiger partial charge in [0.25, 0.3) is 0 Å². The number of piperidine rings is 1. The summed E-state index contributed by atoms with van der Waals surface area (Å²) in [6.45, 7) is 2.62. The van der Waals surface area contributed by atoms with Crippen molar-refractivity contribution in [3.8, 4) is 11.3 Å². The van der Waals surface area contributed by atoms with Gasteiger partial charge in [-0.15, -0.1) is 15.3 Å². The van der Waals surface area contributed by atoms with E-state index in [1.54, 1.807) is 10.8 Å². The molecule has 0 saturated carbocycles. The molecular formula is C24H26N8O. The summed E-state index contributed by atoms with van der Waals surface area (Å²) in [6.07, 6.45) is 8.78. The van der Waals surface area contributed by atoms with E-state index in [0.29, 0.717) is 0 Å². The highest BCUT2D eigenvalue weighted by atomic mass is 16.1. The van der Waals surface area contributed by atoms with Gasteiger partial charge in [-0.05, 0) is 49.9 Å². The predicted octanol–water partition coefficient (Wildman–Crippen LogP) is 3.18. The van der Waals surface area contributed by atoms with E-state index in [1.165, 1.54) is 12.8 Å². The molecule has 0 aliphatic carbocycles. The summed E-state index contributed by atoms with van der Waals surface area (Å²) >= 11 is 0. The monoisotopic (exact) mass is 442 g/mol. The molecule has 1 aromatic carbocycles. The second kappa shape index (κ2) is 8.31. The first-order valence-corrected chi connectivity index (χ1v) is 11.6. The molecule has 0 radical (unpaired) electrons. The van der Waals surface area contributed by atoms with Crippen molar-refractivity contribution in [1.82, 2.24) is 29.4 Å². The quantitative estimate of drug-likeness (QED) is 0.522. The molecule has 9 nitrogen and oxygen atoms in total. The number of hydrogen-bond acceptors (Lipinski definition) is 6. The van der Waals surface area contributed by atoms with E-state index in [2.05, 4.69) is 42.3 Å². The summed E-state index contributed by atoms with van der Waals surface area (Å²) in [5.74, 6) is 2.12. The average molecular weight is 443 g/mol. The van der Waals surface area contributed by atoms with Crippen molar-refractivity contribution in [2.75, 3.05) is 23.3 Å². The first-order chi connectivity index (χ1) is 16.2. The zero-order chi connectivity index (χ0) is 22.2. The number of imidazole rings is 1. The van der Waals surface area contributed by atoms with E-state index in [1.807, 2.05) is 30.3 Å². The molecule has 2 aliphatic rings. The van der Waals surface area contributed by atoms with Gasteiger partial charge in [-0.25, -0.2) is 4.98 Å². The predicted molar refractivity (Wildman–Crippen MR) is 125 cm³/mol. The molecular weight excluding hydrogens is 416 g/mol. The number of aromatic nitrogens is 6. The number of aryl methyl sites for hydroxylation is 2. The first kappa shape index (κ1) is 19.9. The Morgan fingerprint density at radius 1 is 1.06 bits per heavy atom. The van der Waals surface area contributed by atoms with Crippen molar-refractivity contribution in [3.05, 3.63) is 54.7 Å². The van der Waals surface area contributed by atoms with E-state index < -0.39 is 0 Å². The Labute approximate surface area is 191 Å². The van der Waals surface area contributed by atoms with Gasteiger partial charge in [-0.2, -0.15) is 4.52 Å². The van der Waals surface area contributed by atoms with Gasteiger partial charge in [0.1, 0.15) is 18.0 Å². The lowest BCUT2D eigenvalue weighted by molar-refractivity contribution is -0.120. The van der Waals surface area contributed by atoms with Gasteiger partial charge in [-0.1, -0.05) is 12.1 Å². The Hall–Kier alpha value is -3.75. The summed E-state index contributed by atoms with van der Waals surface area (Å²) in [7, 11) is 0. The number of rotatable bonds is 4. The molecule has 0 bridgehead atoms. The van der Waals surface area contributed by atoms with Gasteiger partial charge >= 0.3 is 0 Å². The Morgan fingerprint density at radius 2 is 1.97 bits per heavy atom. The minimum Gasteiger partial charge on any atom is -0.355 e. The molecule has 0 spiro atoms. The second-order valence-electron chi connectivity index (χ2n) is 8.85. The number of carbonyl (C=O) groups is 1.